The van der Waals surface area contributed by atoms with Gasteiger partial charge in [-0.25, -0.2) is 0 Å². The van der Waals surface area contributed by atoms with Crippen molar-refractivity contribution in [2.24, 2.45) is 5.41 Å². The normalized spacial score (nSPS) is 26.7. The summed E-state index contributed by atoms with van der Waals surface area (Å²) in [5.74, 6) is -0.746. The van der Waals surface area contributed by atoms with Gasteiger partial charge in [0.15, 0.2) is 0 Å². The van der Waals surface area contributed by atoms with E-state index in [0.29, 0.717) is 6.54 Å². The lowest BCUT2D eigenvalue weighted by Gasteiger charge is -2.43. The molecule has 4 nitrogen and oxygen atoms in total. The maximum Gasteiger partial charge on any atom is 0.310 e. The van der Waals surface area contributed by atoms with Crippen LogP contribution in [-0.2, 0) is 9.53 Å². The smallest absolute Gasteiger partial charge is 0.310 e. The van der Waals surface area contributed by atoms with Crippen LogP contribution >= 0.6 is 0 Å². The van der Waals surface area contributed by atoms with Gasteiger partial charge in [0.25, 0.3) is 0 Å². The zero-order valence-corrected chi connectivity index (χ0v) is 10.9. The zero-order valence-electron chi connectivity index (χ0n) is 10.9. The third-order valence-electron chi connectivity index (χ3n) is 2.84. The predicted molar refractivity (Wildman–Crippen MR) is 62.5 cm³/mol. The molecule has 0 aromatic carbocycles. The molecule has 0 amide bonds. The van der Waals surface area contributed by atoms with Gasteiger partial charge in [-0.15, -0.1) is 0 Å². The minimum Gasteiger partial charge on any atom is -0.481 e. The topological polar surface area (TPSA) is 49.8 Å². The number of nitrogens with zero attached hydrogens (tertiary/aromatic N) is 1. The Morgan fingerprint density at radius 2 is 2.12 bits per heavy atom. The third kappa shape index (κ3) is 3.46. The minimum atomic E-state index is -0.746. The highest BCUT2D eigenvalue weighted by Crippen LogP contribution is 2.25. The second-order valence-corrected chi connectivity index (χ2v) is 6.05. The van der Waals surface area contributed by atoms with Gasteiger partial charge in [0.05, 0.1) is 17.1 Å². The summed E-state index contributed by atoms with van der Waals surface area (Å²) in [5, 5.41) is 9.11. The molecule has 94 valence electrons. The van der Waals surface area contributed by atoms with Crippen molar-refractivity contribution >= 4 is 5.97 Å². The fourth-order valence-corrected chi connectivity index (χ4v) is 2.33. The van der Waals surface area contributed by atoms with Crippen LogP contribution in [0.1, 0.15) is 34.6 Å². The zero-order chi connectivity index (χ0) is 12.6. The van der Waals surface area contributed by atoms with Crippen LogP contribution in [0.5, 0.6) is 0 Å². The summed E-state index contributed by atoms with van der Waals surface area (Å²) < 4.78 is 5.79. The number of morpholine rings is 1. The first-order valence-electron chi connectivity index (χ1n) is 5.76. The van der Waals surface area contributed by atoms with Gasteiger partial charge >= 0.3 is 5.97 Å². The molecule has 1 unspecified atom stereocenters. The Kier molecular flexibility index (Phi) is 3.65. The van der Waals surface area contributed by atoms with E-state index in [1.807, 2.05) is 20.8 Å². The third-order valence-corrected chi connectivity index (χ3v) is 2.84. The summed E-state index contributed by atoms with van der Waals surface area (Å²) in [5.41, 5.74) is -0.889. The van der Waals surface area contributed by atoms with Gasteiger partial charge in [0.2, 0.25) is 0 Å². The molecule has 16 heavy (non-hydrogen) atoms. The van der Waals surface area contributed by atoms with Crippen molar-refractivity contribution in [3.8, 4) is 0 Å². The van der Waals surface area contributed by atoms with Crippen LogP contribution in [0.4, 0.5) is 0 Å². The molecule has 4 heteroatoms. The van der Waals surface area contributed by atoms with Gasteiger partial charge in [-0.1, -0.05) is 0 Å². The number of aliphatic carboxylic acids is 1. The molecule has 1 N–H and O–H groups in total. The minimum absolute atomic E-state index is 0.161. The maximum atomic E-state index is 11.1. The highest BCUT2D eigenvalue weighted by molar-refractivity contribution is 5.73. The molecule has 0 bridgehead atoms. The van der Waals surface area contributed by atoms with E-state index >= 15 is 0 Å². The van der Waals surface area contributed by atoms with Crippen molar-refractivity contribution in [3.05, 3.63) is 0 Å². The molecular formula is C12H23NO3. The van der Waals surface area contributed by atoms with Crippen LogP contribution in [-0.4, -0.2) is 47.3 Å². The summed E-state index contributed by atoms with van der Waals surface area (Å²) in [7, 11) is 0. The Morgan fingerprint density at radius 3 is 2.56 bits per heavy atom. The van der Waals surface area contributed by atoms with Crippen LogP contribution in [0.2, 0.25) is 0 Å². The summed E-state index contributed by atoms with van der Waals surface area (Å²) in [4.78, 5) is 13.3. The lowest BCUT2D eigenvalue weighted by atomic mass is 9.91. The van der Waals surface area contributed by atoms with E-state index in [4.69, 9.17) is 9.84 Å². The van der Waals surface area contributed by atoms with E-state index in [1.54, 1.807) is 13.8 Å². The molecule has 0 aromatic rings. The quantitative estimate of drug-likeness (QED) is 0.798. The number of carboxylic acid groups (broad SMARTS) is 1. The molecule has 1 atom stereocenters. The van der Waals surface area contributed by atoms with Crippen molar-refractivity contribution in [2.75, 3.05) is 19.6 Å². The van der Waals surface area contributed by atoms with E-state index in [0.717, 1.165) is 13.1 Å². The number of rotatable bonds is 3. The number of ether oxygens (including phenoxy) is 1. The van der Waals surface area contributed by atoms with Crippen molar-refractivity contribution in [2.45, 2.75) is 46.3 Å². The Balaban J connectivity index is 2.64. The Hall–Kier alpha value is -0.610. The van der Waals surface area contributed by atoms with Gasteiger partial charge in [-0.2, -0.15) is 0 Å². The van der Waals surface area contributed by atoms with Gasteiger partial charge in [0.1, 0.15) is 0 Å². The molecule has 0 radical (unpaired) electrons. The van der Waals surface area contributed by atoms with Crippen LogP contribution in [0, 0.1) is 5.41 Å². The number of carboxylic acids is 1. The lowest BCUT2D eigenvalue weighted by molar-refractivity contribution is -0.155. The lowest BCUT2D eigenvalue weighted by Crippen LogP contribution is -2.54. The van der Waals surface area contributed by atoms with Crippen molar-refractivity contribution in [1.29, 1.82) is 0 Å². The summed E-state index contributed by atoms with van der Waals surface area (Å²) in [6.45, 7) is 11.8. The molecular weight excluding hydrogens is 206 g/mol. The predicted octanol–water partition coefficient (Wildman–Crippen LogP) is 1.60. The maximum absolute atomic E-state index is 11.1. The second-order valence-electron chi connectivity index (χ2n) is 6.05. The molecule has 1 heterocycles. The average Bonchev–Trinajstić information content (AvgIpc) is 1.97. The van der Waals surface area contributed by atoms with E-state index in [1.165, 1.54) is 0 Å². The SMILES string of the molecule is CC1CN(CC(C)(C)C(=O)O)CC(C)(C)O1. The van der Waals surface area contributed by atoms with Gasteiger partial charge < -0.3 is 9.84 Å². The number of carbonyl (C=O) groups is 1. The molecule has 1 rings (SSSR count). The fourth-order valence-electron chi connectivity index (χ4n) is 2.33. The first-order valence-corrected chi connectivity index (χ1v) is 5.76. The van der Waals surface area contributed by atoms with E-state index in [2.05, 4.69) is 4.90 Å². The molecule has 0 spiro atoms. The second kappa shape index (κ2) is 4.34. The van der Waals surface area contributed by atoms with Crippen molar-refractivity contribution in [1.82, 2.24) is 4.90 Å². The standard InChI is InChI=1S/C12H23NO3/c1-9-6-13(8-12(4,5)16-9)7-11(2,3)10(14)15/h9H,6-8H2,1-5H3,(H,14,15). The highest BCUT2D eigenvalue weighted by atomic mass is 16.5. The van der Waals surface area contributed by atoms with E-state index in [-0.39, 0.29) is 11.7 Å². The number of hydrogen-bond donors (Lipinski definition) is 1. The molecule has 0 aromatic heterocycles. The van der Waals surface area contributed by atoms with Gasteiger partial charge in [-0.05, 0) is 34.6 Å². The summed E-state index contributed by atoms with van der Waals surface area (Å²) in [6, 6.07) is 0. The van der Waals surface area contributed by atoms with E-state index < -0.39 is 11.4 Å². The number of hydrogen-bond acceptors (Lipinski definition) is 3. The van der Waals surface area contributed by atoms with E-state index in [9.17, 15) is 4.79 Å². The molecule has 1 aliphatic rings. The highest BCUT2D eigenvalue weighted by Gasteiger charge is 2.36. The van der Waals surface area contributed by atoms with Crippen LogP contribution in [0.15, 0.2) is 0 Å². The van der Waals surface area contributed by atoms with Crippen LogP contribution in [0.3, 0.4) is 0 Å². The monoisotopic (exact) mass is 229 g/mol. The molecule has 0 saturated carbocycles. The molecule has 1 fully saturated rings. The summed E-state index contributed by atoms with van der Waals surface area (Å²) >= 11 is 0. The molecule has 0 aliphatic carbocycles. The molecule has 1 aliphatic heterocycles. The Labute approximate surface area is 97.6 Å². The Morgan fingerprint density at radius 1 is 1.56 bits per heavy atom. The average molecular weight is 229 g/mol. The Bertz CT molecular complexity index is 273. The van der Waals surface area contributed by atoms with Gasteiger partial charge in [-0.3, -0.25) is 9.69 Å². The first kappa shape index (κ1) is 13.5. The largest absolute Gasteiger partial charge is 0.481 e. The molecule has 1 saturated heterocycles. The van der Waals surface area contributed by atoms with Crippen LogP contribution in [0.25, 0.3) is 0 Å². The van der Waals surface area contributed by atoms with Crippen LogP contribution < -0.4 is 0 Å². The summed E-state index contributed by atoms with van der Waals surface area (Å²) in [6.07, 6.45) is 0.161. The van der Waals surface area contributed by atoms with Gasteiger partial charge in [0, 0.05) is 19.6 Å². The van der Waals surface area contributed by atoms with Crippen molar-refractivity contribution < 1.29 is 14.6 Å². The fraction of sp³-hybridized carbons (Fsp3) is 0.917. The van der Waals surface area contributed by atoms with Crippen molar-refractivity contribution in [3.63, 3.8) is 0 Å². The first-order chi connectivity index (χ1) is 7.12.